The van der Waals surface area contributed by atoms with E-state index in [4.69, 9.17) is 0 Å². The summed E-state index contributed by atoms with van der Waals surface area (Å²) in [5.74, 6) is -0.565. The summed E-state index contributed by atoms with van der Waals surface area (Å²) in [6.07, 6.45) is 4.57. The molecule has 0 spiro atoms. The predicted octanol–water partition coefficient (Wildman–Crippen LogP) is 2.05. The first-order valence-corrected chi connectivity index (χ1v) is 7.86. The molecule has 0 aliphatic carbocycles. The van der Waals surface area contributed by atoms with Crippen molar-refractivity contribution < 1.29 is 14.0 Å². The molecule has 1 aromatic carbocycles. The van der Waals surface area contributed by atoms with E-state index in [0.717, 1.165) is 17.5 Å². The van der Waals surface area contributed by atoms with E-state index >= 15 is 0 Å². The standard InChI is InChI=1S/C18H18FN3O2/c19-15-5-3-13(4-6-15)18(14-7-9-20-10-8-14)21-16(23)12-22-11-1-2-17(22)24/h3-10,18H,1-2,11-12H2,(H,21,23)/t18-/m0/s1. The SMILES string of the molecule is O=C(CN1CCCC1=O)N[C@H](c1ccncc1)c1ccc(F)cc1. The van der Waals surface area contributed by atoms with Crippen LogP contribution in [0.4, 0.5) is 4.39 Å². The van der Waals surface area contributed by atoms with Crippen molar-refractivity contribution in [1.82, 2.24) is 15.2 Å². The Balaban J connectivity index is 1.78. The highest BCUT2D eigenvalue weighted by molar-refractivity contribution is 5.86. The highest BCUT2D eigenvalue weighted by Crippen LogP contribution is 2.22. The molecule has 2 aromatic rings. The smallest absolute Gasteiger partial charge is 0.240 e. The Morgan fingerprint density at radius 3 is 2.46 bits per heavy atom. The van der Waals surface area contributed by atoms with Crippen molar-refractivity contribution in [3.05, 3.63) is 65.7 Å². The lowest BCUT2D eigenvalue weighted by atomic mass is 9.99. The van der Waals surface area contributed by atoms with Crippen LogP contribution in [0.3, 0.4) is 0 Å². The Hall–Kier alpha value is -2.76. The summed E-state index contributed by atoms with van der Waals surface area (Å²) in [5, 5.41) is 2.93. The lowest BCUT2D eigenvalue weighted by molar-refractivity contribution is -0.133. The van der Waals surface area contributed by atoms with Crippen LogP contribution in [0.25, 0.3) is 0 Å². The number of carbonyl (C=O) groups excluding carboxylic acids is 2. The number of halogens is 1. The number of hydrogen-bond donors (Lipinski definition) is 1. The van der Waals surface area contributed by atoms with E-state index in [-0.39, 0.29) is 24.2 Å². The number of nitrogens with one attached hydrogen (secondary N) is 1. The lowest BCUT2D eigenvalue weighted by Crippen LogP contribution is -2.39. The second-order valence-corrected chi connectivity index (χ2v) is 5.75. The van der Waals surface area contributed by atoms with Crippen molar-refractivity contribution in [3.8, 4) is 0 Å². The second kappa shape index (κ2) is 7.21. The van der Waals surface area contributed by atoms with Crippen molar-refractivity contribution in [2.24, 2.45) is 0 Å². The molecule has 24 heavy (non-hydrogen) atoms. The third kappa shape index (κ3) is 3.76. The van der Waals surface area contributed by atoms with Gasteiger partial charge in [0.1, 0.15) is 5.82 Å². The zero-order valence-corrected chi connectivity index (χ0v) is 13.1. The van der Waals surface area contributed by atoms with E-state index in [1.54, 1.807) is 41.6 Å². The Morgan fingerprint density at radius 1 is 1.17 bits per heavy atom. The van der Waals surface area contributed by atoms with Gasteiger partial charge in [0, 0.05) is 25.4 Å². The highest BCUT2D eigenvalue weighted by atomic mass is 19.1. The topological polar surface area (TPSA) is 62.3 Å². The zero-order valence-electron chi connectivity index (χ0n) is 13.1. The molecular formula is C18H18FN3O2. The number of amides is 2. The molecule has 0 saturated carbocycles. The molecule has 2 amide bonds. The Bertz CT molecular complexity index is 719. The maximum absolute atomic E-state index is 13.2. The minimum Gasteiger partial charge on any atom is -0.344 e. The van der Waals surface area contributed by atoms with E-state index in [2.05, 4.69) is 10.3 Å². The molecule has 0 bridgehead atoms. The number of benzene rings is 1. The third-order valence-electron chi connectivity index (χ3n) is 4.05. The summed E-state index contributed by atoms with van der Waals surface area (Å²) in [6.45, 7) is 0.657. The predicted molar refractivity (Wildman–Crippen MR) is 86.4 cm³/mol. The fraction of sp³-hybridized carbons (Fsp3) is 0.278. The number of nitrogens with zero attached hydrogens (tertiary/aromatic N) is 2. The maximum Gasteiger partial charge on any atom is 0.240 e. The normalized spacial score (nSPS) is 15.4. The van der Waals surface area contributed by atoms with E-state index in [0.29, 0.717) is 13.0 Å². The summed E-state index contributed by atoms with van der Waals surface area (Å²) in [7, 11) is 0. The molecule has 0 radical (unpaired) electrons. The molecule has 1 fully saturated rings. The molecule has 3 rings (SSSR count). The molecule has 6 heteroatoms. The molecule has 1 N–H and O–H groups in total. The molecule has 1 aliphatic heterocycles. The molecule has 1 aromatic heterocycles. The minimum absolute atomic E-state index is 0.00685. The van der Waals surface area contributed by atoms with Crippen LogP contribution in [0.5, 0.6) is 0 Å². The van der Waals surface area contributed by atoms with Gasteiger partial charge in [-0.25, -0.2) is 4.39 Å². The van der Waals surface area contributed by atoms with Gasteiger partial charge in [-0.1, -0.05) is 12.1 Å². The zero-order chi connectivity index (χ0) is 16.9. The van der Waals surface area contributed by atoms with Crippen LogP contribution in [0.2, 0.25) is 0 Å². The van der Waals surface area contributed by atoms with Crippen molar-refractivity contribution >= 4 is 11.8 Å². The van der Waals surface area contributed by atoms with E-state index in [9.17, 15) is 14.0 Å². The molecule has 5 nitrogen and oxygen atoms in total. The van der Waals surface area contributed by atoms with Crippen LogP contribution in [-0.2, 0) is 9.59 Å². The van der Waals surface area contributed by atoms with Crippen LogP contribution in [-0.4, -0.2) is 34.8 Å². The van der Waals surface area contributed by atoms with Gasteiger partial charge in [0.05, 0.1) is 12.6 Å². The molecule has 2 heterocycles. The number of carbonyl (C=O) groups is 2. The van der Waals surface area contributed by atoms with E-state index < -0.39 is 6.04 Å². The van der Waals surface area contributed by atoms with Gasteiger partial charge in [-0.05, 0) is 41.8 Å². The lowest BCUT2D eigenvalue weighted by Gasteiger charge is -2.22. The summed E-state index contributed by atoms with van der Waals surface area (Å²) >= 11 is 0. The van der Waals surface area contributed by atoms with Gasteiger partial charge in [0.15, 0.2) is 0 Å². The van der Waals surface area contributed by atoms with Gasteiger partial charge in [0.25, 0.3) is 0 Å². The fourth-order valence-electron chi connectivity index (χ4n) is 2.82. The van der Waals surface area contributed by atoms with Crippen LogP contribution < -0.4 is 5.32 Å². The Morgan fingerprint density at radius 2 is 1.83 bits per heavy atom. The van der Waals surface area contributed by atoms with Crippen molar-refractivity contribution in [3.63, 3.8) is 0 Å². The van der Waals surface area contributed by atoms with Crippen molar-refractivity contribution in [2.45, 2.75) is 18.9 Å². The molecule has 1 atom stereocenters. The first kappa shape index (κ1) is 16.1. The first-order valence-electron chi connectivity index (χ1n) is 7.86. The van der Waals surface area contributed by atoms with Crippen LogP contribution in [0.15, 0.2) is 48.8 Å². The quantitative estimate of drug-likeness (QED) is 0.914. The average molecular weight is 327 g/mol. The summed E-state index contributed by atoms with van der Waals surface area (Å²) < 4.78 is 13.2. The molecule has 1 saturated heterocycles. The van der Waals surface area contributed by atoms with Crippen molar-refractivity contribution in [2.75, 3.05) is 13.1 Å². The van der Waals surface area contributed by atoms with E-state index in [1.165, 1.54) is 12.1 Å². The van der Waals surface area contributed by atoms with Gasteiger partial charge in [-0.15, -0.1) is 0 Å². The molecular weight excluding hydrogens is 309 g/mol. The third-order valence-corrected chi connectivity index (χ3v) is 4.05. The van der Waals surface area contributed by atoms with Gasteiger partial charge in [-0.2, -0.15) is 0 Å². The first-order chi connectivity index (χ1) is 11.6. The Kier molecular flexibility index (Phi) is 4.84. The number of hydrogen-bond acceptors (Lipinski definition) is 3. The van der Waals surface area contributed by atoms with Gasteiger partial charge >= 0.3 is 0 Å². The Labute approximate surface area is 139 Å². The highest BCUT2D eigenvalue weighted by Gasteiger charge is 2.24. The number of pyridine rings is 1. The summed E-state index contributed by atoms with van der Waals surface area (Å²) in [6, 6.07) is 9.19. The van der Waals surface area contributed by atoms with Gasteiger partial charge in [-0.3, -0.25) is 14.6 Å². The van der Waals surface area contributed by atoms with Crippen LogP contribution in [0, 0.1) is 5.82 Å². The molecule has 0 unspecified atom stereocenters. The van der Waals surface area contributed by atoms with Crippen LogP contribution >= 0.6 is 0 Å². The maximum atomic E-state index is 13.2. The van der Waals surface area contributed by atoms with Gasteiger partial charge in [0.2, 0.25) is 11.8 Å². The van der Waals surface area contributed by atoms with E-state index in [1.807, 2.05) is 0 Å². The van der Waals surface area contributed by atoms with Crippen molar-refractivity contribution in [1.29, 1.82) is 0 Å². The minimum atomic E-state index is -0.418. The van der Waals surface area contributed by atoms with Crippen LogP contribution in [0.1, 0.15) is 30.0 Å². The number of likely N-dealkylation sites (tertiary alicyclic amines) is 1. The molecule has 1 aliphatic rings. The number of aromatic nitrogens is 1. The number of rotatable bonds is 5. The summed E-state index contributed by atoms with van der Waals surface area (Å²) in [4.78, 5) is 29.6. The molecule has 124 valence electrons. The monoisotopic (exact) mass is 327 g/mol. The van der Waals surface area contributed by atoms with Gasteiger partial charge < -0.3 is 10.2 Å². The fourth-order valence-corrected chi connectivity index (χ4v) is 2.82. The second-order valence-electron chi connectivity index (χ2n) is 5.75. The largest absolute Gasteiger partial charge is 0.344 e. The summed E-state index contributed by atoms with van der Waals surface area (Å²) in [5.41, 5.74) is 1.61. The average Bonchev–Trinajstić information content (AvgIpc) is 2.99.